The first kappa shape index (κ1) is 16.9. The first-order chi connectivity index (χ1) is 11.8. The molecule has 3 rings (SSSR count). The number of rotatable bonds is 4. The number of sulfonamides is 1. The van der Waals surface area contributed by atoms with Gasteiger partial charge in [-0.25, -0.2) is 22.4 Å². The highest BCUT2D eigenvalue weighted by Crippen LogP contribution is 2.20. The second-order valence-electron chi connectivity index (χ2n) is 5.19. The summed E-state index contributed by atoms with van der Waals surface area (Å²) in [4.78, 5) is 23.4. The van der Waals surface area contributed by atoms with Gasteiger partial charge in [-0.15, -0.1) is 0 Å². The van der Waals surface area contributed by atoms with Crippen molar-refractivity contribution in [1.82, 2.24) is 4.57 Å². The predicted octanol–water partition coefficient (Wildman–Crippen LogP) is 1.91. The molecule has 0 saturated carbocycles. The molecule has 0 aliphatic rings. The third kappa shape index (κ3) is 3.18. The Morgan fingerprint density at radius 2 is 1.92 bits per heavy atom. The summed E-state index contributed by atoms with van der Waals surface area (Å²) in [5.74, 6) is -1.40. The van der Waals surface area contributed by atoms with E-state index in [9.17, 15) is 22.4 Å². The standard InChI is InChI=1S/C16H13FN2O5S/c1-2-19-14-7-6-12(9-13(14)15(20)24-16(19)21)25(22,23)18-11-5-3-4-10(17)8-11/h3-9,18H,2H2,1H3. The second kappa shape index (κ2) is 6.17. The topological polar surface area (TPSA) is 98.4 Å². The number of nitrogens with zero attached hydrogens (tertiary/aromatic N) is 1. The van der Waals surface area contributed by atoms with Gasteiger partial charge in [0.2, 0.25) is 0 Å². The minimum atomic E-state index is -4.05. The van der Waals surface area contributed by atoms with E-state index in [-0.39, 0.29) is 28.0 Å². The van der Waals surface area contributed by atoms with Crippen LogP contribution in [0, 0.1) is 5.82 Å². The van der Waals surface area contributed by atoms with E-state index in [1.807, 2.05) is 0 Å². The molecule has 0 radical (unpaired) electrons. The Morgan fingerprint density at radius 3 is 2.60 bits per heavy atom. The minimum Gasteiger partial charge on any atom is -0.372 e. The zero-order valence-electron chi connectivity index (χ0n) is 13.0. The normalized spacial score (nSPS) is 11.6. The highest BCUT2D eigenvalue weighted by atomic mass is 32.2. The number of hydrogen-bond donors (Lipinski definition) is 1. The Balaban J connectivity index is 2.13. The number of aryl methyl sites for hydroxylation is 1. The van der Waals surface area contributed by atoms with Crippen molar-refractivity contribution in [2.75, 3.05) is 4.72 Å². The molecule has 7 nitrogen and oxygen atoms in total. The lowest BCUT2D eigenvalue weighted by Gasteiger charge is -2.10. The number of benzene rings is 2. The molecule has 0 saturated heterocycles. The Kier molecular flexibility index (Phi) is 4.17. The molecule has 25 heavy (non-hydrogen) atoms. The molecule has 0 spiro atoms. The lowest BCUT2D eigenvalue weighted by molar-refractivity contribution is 0.421. The molecule has 0 fully saturated rings. The van der Waals surface area contributed by atoms with Crippen molar-refractivity contribution in [3.63, 3.8) is 0 Å². The molecule has 3 aromatic rings. The summed E-state index contributed by atoms with van der Waals surface area (Å²) >= 11 is 0. The summed E-state index contributed by atoms with van der Waals surface area (Å²) in [7, 11) is -4.05. The predicted molar refractivity (Wildman–Crippen MR) is 89.6 cm³/mol. The van der Waals surface area contributed by atoms with E-state index in [1.165, 1.54) is 34.9 Å². The Morgan fingerprint density at radius 1 is 1.16 bits per heavy atom. The van der Waals surface area contributed by atoms with E-state index in [0.29, 0.717) is 0 Å². The molecular weight excluding hydrogens is 351 g/mol. The molecule has 130 valence electrons. The third-order valence-corrected chi connectivity index (χ3v) is 4.96. The zero-order chi connectivity index (χ0) is 18.2. The fourth-order valence-corrected chi connectivity index (χ4v) is 3.51. The van der Waals surface area contributed by atoms with Crippen LogP contribution < -0.4 is 16.1 Å². The van der Waals surface area contributed by atoms with Crippen LogP contribution in [-0.4, -0.2) is 13.0 Å². The van der Waals surface area contributed by atoms with Gasteiger partial charge < -0.3 is 4.42 Å². The van der Waals surface area contributed by atoms with Crippen LogP contribution in [0.15, 0.2) is 61.4 Å². The largest absolute Gasteiger partial charge is 0.422 e. The molecule has 0 bridgehead atoms. The molecule has 0 atom stereocenters. The van der Waals surface area contributed by atoms with Crippen LogP contribution >= 0.6 is 0 Å². The van der Waals surface area contributed by atoms with Gasteiger partial charge in [0.05, 0.1) is 21.5 Å². The highest BCUT2D eigenvalue weighted by molar-refractivity contribution is 7.92. The Hall–Kier alpha value is -2.94. The molecule has 1 N–H and O–H groups in total. The summed E-state index contributed by atoms with van der Waals surface area (Å²) in [5.41, 5.74) is -0.605. The number of anilines is 1. The van der Waals surface area contributed by atoms with Crippen molar-refractivity contribution in [2.24, 2.45) is 0 Å². The van der Waals surface area contributed by atoms with Crippen molar-refractivity contribution in [1.29, 1.82) is 0 Å². The molecule has 9 heteroatoms. The molecule has 0 amide bonds. The maximum atomic E-state index is 13.2. The van der Waals surface area contributed by atoms with E-state index < -0.39 is 27.2 Å². The van der Waals surface area contributed by atoms with Crippen LogP contribution in [0.2, 0.25) is 0 Å². The first-order valence-corrected chi connectivity index (χ1v) is 8.76. The average molecular weight is 364 g/mol. The van der Waals surface area contributed by atoms with Crippen LogP contribution in [0.1, 0.15) is 6.92 Å². The van der Waals surface area contributed by atoms with E-state index in [4.69, 9.17) is 0 Å². The maximum absolute atomic E-state index is 13.2. The number of aromatic nitrogens is 1. The number of hydrogen-bond acceptors (Lipinski definition) is 5. The zero-order valence-corrected chi connectivity index (χ0v) is 13.8. The average Bonchev–Trinajstić information content (AvgIpc) is 2.54. The molecule has 0 unspecified atom stereocenters. The first-order valence-electron chi connectivity index (χ1n) is 7.28. The minimum absolute atomic E-state index is 0.0384. The van der Waals surface area contributed by atoms with Gasteiger partial charge >= 0.3 is 11.4 Å². The SMILES string of the molecule is CCn1c(=O)oc(=O)c2cc(S(=O)(=O)Nc3cccc(F)c3)ccc21. The summed E-state index contributed by atoms with van der Waals surface area (Å²) < 4.78 is 46.2. The van der Waals surface area contributed by atoms with Crippen LogP contribution in [0.4, 0.5) is 10.1 Å². The number of halogens is 1. The van der Waals surface area contributed by atoms with Crippen molar-refractivity contribution in [3.05, 3.63) is 69.3 Å². The molecule has 2 aromatic carbocycles. The molecular formula is C16H13FN2O5S. The van der Waals surface area contributed by atoms with E-state index in [1.54, 1.807) is 6.92 Å². The summed E-state index contributed by atoms with van der Waals surface area (Å²) in [6.07, 6.45) is 0. The fourth-order valence-electron chi connectivity index (χ4n) is 2.43. The van der Waals surface area contributed by atoms with Gasteiger partial charge in [-0.05, 0) is 43.3 Å². The van der Waals surface area contributed by atoms with Crippen LogP contribution in [-0.2, 0) is 16.6 Å². The van der Waals surface area contributed by atoms with Crippen molar-refractivity contribution >= 4 is 26.6 Å². The van der Waals surface area contributed by atoms with Gasteiger partial charge in [0.1, 0.15) is 5.82 Å². The van der Waals surface area contributed by atoms with Crippen LogP contribution in [0.25, 0.3) is 10.9 Å². The fraction of sp³-hybridized carbons (Fsp3) is 0.125. The van der Waals surface area contributed by atoms with Gasteiger partial charge in [-0.1, -0.05) is 6.07 Å². The number of fused-ring (bicyclic) bond motifs is 1. The monoisotopic (exact) mass is 364 g/mol. The second-order valence-corrected chi connectivity index (χ2v) is 6.88. The Labute approximate surface area is 141 Å². The van der Waals surface area contributed by atoms with Gasteiger partial charge in [-0.2, -0.15) is 0 Å². The molecule has 1 aromatic heterocycles. The lowest BCUT2D eigenvalue weighted by atomic mass is 10.2. The quantitative estimate of drug-likeness (QED) is 0.763. The van der Waals surface area contributed by atoms with Gasteiger partial charge in [0.25, 0.3) is 10.0 Å². The molecule has 1 heterocycles. The van der Waals surface area contributed by atoms with Crippen molar-refractivity contribution in [2.45, 2.75) is 18.4 Å². The van der Waals surface area contributed by atoms with Crippen LogP contribution in [0.5, 0.6) is 0 Å². The van der Waals surface area contributed by atoms with E-state index in [2.05, 4.69) is 9.14 Å². The van der Waals surface area contributed by atoms with Gasteiger partial charge in [0, 0.05) is 6.54 Å². The maximum Gasteiger partial charge on any atom is 0.422 e. The highest BCUT2D eigenvalue weighted by Gasteiger charge is 2.17. The lowest BCUT2D eigenvalue weighted by Crippen LogP contribution is -2.24. The molecule has 0 aliphatic heterocycles. The van der Waals surface area contributed by atoms with Crippen molar-refractivity contribution < 1.29 is 17.2 Å². The summed E-state index contributed by atoms with van der Waals surface area (Å²) in [6.45, 7) is 1.95. The smallest absolute Gasteiger partial charge is 0.372 e. The van der Waals surface area contributed by atoms with E-state index >= 15 is 0 Å². The van der Waals surface area contributed by atoms with E-state index in [0.717, 1.165) is 12.1 Å². The van der Waals surface area contributed by atoms with Gasteiger partial charge in [-0.3, -0.25) is 9.29 Å². The number of nitrogens with one attached hydrogen (secondary N) is 1. The summed E-state index contributed by atoms with van der Waals surface area (Å²) in [5, 5.41) is -0.0384. The van der Waals surface area contributed by atoms with Crippen molar-refractivity contribution in [3.8, 4) is 0 Å². The Bertz CT molecular complexity index is 1180. The van der Waals surface area contributed by atoms with Crippen LogP contribution in [0.3, 0.4) is 0 Å². The summed E-state index contributed by atoms with van der Waals surface area (Å²) in [6, 6.07) is 8.71. The third-order valence-electron chi connectivity index (χ3n) is 3.58. The molecule has 0 aliphatic carbocycles. The van der Waals surface area contributed by atoms with Gasteiger partial charge in [0.15, 0.2) is 0 Å².